The quantitative estimate of drug-likeness (QED) is 0.829. The van der Waals surface area contributed by atoms with Gasteiger partial charge in [0.25, 0.3) is 0 Å². The molecular formula is C19H24Cl2N4O. The van der Waals surface area contributed by atoms with Crippen molar-refractivity contribution in [2.75, 3.05) is 0 Å². The van der Waals surface area contributed by atoms with Crippen molar-refractivity contribution in [3.63, 3.8) is 0 Å². The van der Waals surface area contributed by atoms with Crippen molar-refractivity contribution in [1.29, 1.82) is 0 Å². The fraction of sp³-hybridized carbons (Fsp3) is 0.474. The Bertz CT molecular complexity index is 810. The number of halogens is 2. The summed E-state index contributed by atoms with van der Waals surface area (Å²) in [6, 6.07) is 5.80. The van der Waals surface area contributed by atoms with Crippen molar-refractivity contribution in [3.8, 4) is 5.69 Å². The Hall–Kier alpha value is -1.56. The Balaban J connectivity index is 1.74. The minimum absolute atomic E-state index is 0.0263. The molecule has 26 heavy (non-hydrogen) atoms. The molecule has 0 saturated heterocycles. The lowest BCUT2D eigenvalue weighted by Crippen LogP contribution is -2.41. The molecule has 0 unspecified atom stereocenters. The second kappa shape index (κ2) is 7.99. The SMILES string of the molecule is Cc1nn(-c2ccc(Cl)cc2Cl)c(C)c1CC(=O)NC1CCC(N)CC1. The van der Waals surface area contributed by atoms with Gasteiger partial charge in [0.1, 0.15) is 0 Å². The number of carbonyl (C=O) groups is 1. The molecule has 1 aliphatic rings. The predicted octanol–water partition coefficient (Wildman–Crippen LogP) is 3.72. The summed E-state index contributed by atoms with van der Waals surface area (Å²) in [6.45, 7) is 3.86. The number of carbonyl (C=O) groups excluding carboxylic acids is 1. The molecule has 0 aliphatic heterocycles. The smallest absolute Gasteiger partial charge is 0.224 e. The lowest BCUT2D eigenvalue weighted by atomic mass is 9.91. The highest BCUT2D eigenvalue weighted by Gasteiger charge is 2.22. The van der Waals surface area contributed by atoms with Crippen LogP contribution in [0.25, 0.3) is 5.69 Å². The first-order chi connectivity index (χ1) is 12.3. The average Bonchev–Trinajstić information content (AvgIpc) is 2.85. The number of nitrogens with one attached hydrogen (secondary N) is 1. The Kier molecular flexibility index (Phi) is 5.90. The van der Waals surface area contributed by atoms with E-state index in [9.17, 15) is 4.79 Å². The molecule has 140 valence electrons. The van der Waals surface area contributed by atoms with Crippen LogP contribution in [-0.4, -0.2) is 27.8 Å². The average molecular weight is 395 g/mol. The second-order valence-corrected chi connectivity index (χ2v) is 7.86. The second-order valence-electron chi connectivity index (χ2n) is 7.01. The van der Waals surface area contributed by atoms with Crippen LogP contribution in [-0.2, 0) is 11.2 Å². The van der Waals surface area contributed by atoms with Gasteiger partial charge < -0.3 is 11.1 Å². The van der Waals surface area contributed by atoms with Gasteiger partial charge >= 0.3 is 0 Å². The predicted molar refractivity (Wildman–Crippen MR) is 105 cm³/mol. The maximum Gasteiger partial charge on any atom is 0.224 e. The number of benzene rings is 1. The van der Waals surface area contributed by atoms with E-state index in [1.807, 2.05) is 19.9 Å². The van der Waals surface area contributed by atoms with Crippen LogP contribution >= 0.6 is 23.2 Å². The molecule has 0 bridgehead atoms. The van der Waals surface area contributed by atoms with Crippen LogP contribution in [0.3, 0.4) is 0 Å². The van der Waals surface area contributed by atoms with Gasteiger partial charge in [-0.25, -0.2) is 4.68 Å². The summed E-state index contributed by atoms with van der Waals surface area (Å²) in [7, 11) is 0. The van der Waals surface area contributed by atoms with E-state index in [4.69, 9.17) is 28.9 Å². The zero-order chi connectivity index (χ0) is 18.8. The minimum atomic E-state index is 0.0263. The molecule has 1 amide bonds. The molecule has 1 heterocycles. The maximum atomic E-state index is 12.5. The summed E-state index contributed by atoms with van der Waals surface area (Å²) < 4.78 is 1.77. The van der Waals surface area contributed by atoms with Gasteiger partial charge in [-0.3, -0.25) is 4.79 Å². The molecule has 7 heteroatoms. The summed E-state index contributed by atoms with van der Waals surface area (Å²) in [6.07, 6.45) is 4.15. The first-order valence-electron chi connectivity index (χ1n) is 8.90. The summed E-state index contributed by atoms with van der Waals surface area (Å²) in [5.41, 5.74) is 9.35. The number of hydrogen-bond acceptors (Lipinski definition) is 3. The van der Waals surface area contributed by atoms with Gasteiger partial charge in [0, 0.05) is 28.4 Å². The molecule has 1 aliphatic carbocycles. The number of nitrogens with zero attached hydrogens (tertiary/aromatic N) is 2. The van der Waals surface area contributed by atoms with Crippen LogP contribution in [0.15, 0.2) is 18.2 Å². The number of hydrogen-bond donors (Lipinski definition) is 2. The number of nitrogens with two attached hydrogens (primary N) is 1. The Morgan fingerprint density at radius 3 is 2.62 bits per heavy atom. The zero-order valence-corrected chi connectivity index (χ0v) is 16.6. The van der Waals surface area contributed by atoms with Crippen LogP contribution in [0.2, 0.25) is 10.0 Å². The molecule has 1 saturated carbocycles. The number of aryl methyl sites for hydroxylation is 1. The van der Waals surface area contributed by atoms with Crippen molar-refractivity contribution in [3.05, 3.63) is 45.2 Å². The molecule has 0 atom stereocenters. The molecule has 0 spiro atoms. The van der Waals surface area contributed by atoms with Crippen molar-refractivity contribution in [2.45, 2.75) is 58.0 Å². The van der Waals surface area contributed by atoms with Gasteiger partial charge in [-0.1, -0.05) is 23.2 Å². The largest absolute Gasteiger partial charge is 0.353 e. The van der Waals surface area contributed by atoms with E-state index in [2.05, 4.69) is 10.4 Å². The third-order valence-corrected chi connectivity index (χ3v) is 5.59. The van der Waals surface area contributed by atoms with E-state index in [-0.39, 0.29) is 18.0 Å². The van der Waals surface area contributed by atoms with E-state index in [1.165, 1.54) is 0 Å². The van der Waals surface area contributed by atoms with Gasteiger partial charge in [-0.15, -0.1) is 0 Å². The third kappa shape index (κ3) is 4.22. The molecule has 1 fully saturated rings. The Morgan fingerprint density at radius 2 is 1.96 bits per heavy atom. The first-order valence-corrected chi connectivity index (χ1v) is 9.66. The molecule has 5 nitrogen and oxygen atoms in total. The fourth-order valence-corrected chi connectivity index (χ4v) is 4.01. The molecule has 3 N–H and O–H groups in total. The lowest BCUT2D eigenvalue weighted by molar-refractivity contribution is -0.121. The standard InChI is InChI=1S/C19H24Cl2N4O/c1-11-16(10-19(26)23-15-6-4-14(22)5-7-15)12(2)25(24-11)18-8-3-13(20)9-17(18)21/h3,8-9,14-15H,4-7,10,22H2,1-2H3,(H,23,26). The summed E-state index contributed by atoms with van der Waals surface area (Å²) in [5.74, 6) is 0.0263. The summed E-state index contributed by atoms with van der Waals surface area (Å²) >= 11 is 12.3. The summed E-state index contributed by atoms with van der Waals surface area (Å²) in [5, 5.41) is 8.81. The Morgan fingerprint density at radius 1 is 1.27 bits per heavy atom. The molecule has 2 aromatic rings. The van der Waals surface area contributed by atoms with E-state index >= 15 is 0 Å². The maximum absolute atomic E-state index is 12.5. The van der Waals surface area contributed by atoms with Crippen molar-refractivity contribution in [2.24, 2.45) is 5.73 Å². The molecule has 0 radical (unpaired) electrons. The van der Waals surface area contributed by atoms with Crippen molar-refractivity contribution >= 4 is 29.1 Å². The van der Waals surface area contributed by atoms with Crippen molar-refractivity contribution < 1.29 is 4.79 Å². The molecule has 1 aromatic heterocycles. The zero-order valence-electron chi connectivity index (χ0n) is 15.1. The van der Waals surface area contributed by atoms with Crippen LogP contribution in [0, 0.1) is 13.8 Å². The molecule has 1 aromatic carbocycles. The van der Waals surface area contributed by atoms with Gasteiger partial charge in [-0.2, -0.15) is 5.10 Å². The first kappa shape index (κ1) is 19.2. The summed E-state index contributed by atoms with van der Waals surface area (Å²) in [4.78, 5) is 12.5. The Labute approximate surface area is 163 Å². The third-order valence-electron chi connectivity index (χ3n) is 5.05. The van der Waals surface area contributed by atoms with Crippen LogP contribution < -0.4 is 11.1 Å². The topological polar surface area (TPSA) is 72.9 Å². The van der Waals surface area contributed by atoms with Crippen LogP contribution in [0.5, 0.6) is 0 Å². The van der Waals surface area contributed by atoms with Gasteiger partial charge in [0.05, 0.1) is 22.8 Å². The highest BCUT2D eigenvalue weighted by atomic mass is 35.5. The fourth-order valence-electron chi connectivity index (χ4n) is 3.52. The molecule has 3 rings (SSSR count). The van der Waals surface area contributed by atoms with E-state index < -0.39 is 0 Å². The highest BCUT2D eigenvalue weighted by Crippen LogP contribution is 2.27. The number of amides is 1. The van der Waals surface area contributed by atoms with Gasteiger partial charge in [0.2, 0.25) is 5.91 Å². The van der Waals surface area contributed by atoms with Gasteiger partial charge in [0.15, 0.2) is 0 Å². The number of rotatable bonds is 4. The van der Waals surface area contributed by atoms with Crippen molar-refractivity contribution in [1.82, 2.24) is 15.1 Å². The number of aromatic nitrogens is 2. The van der Waals surface area contributed by atoms with E-state index in [1.54, 1.807) is 16.8 Å². The van der Waals surface area contributed by atoms with E-state index in [0.29, 0.717) is 16.5 Å². The monoisotopic (exact) mass is 394 g/mol. The van der Waals surface area contributed by atoms with Crippen LogP contribution in [0.1, 0.15) is 42.6 Å². The van der Waals surface area contributed by atoms with E-state index in [0.717, 1.165) is 48.3 Å². The van der Waals surface area contributed by atoms with Crippen LogP contribution in [0.4, 0.5) is 0 Å². The normalized spacial score (nSPS) is 20.2. The lowest BCUT2D eigenvalue weighted by Gasteiger charge is -2.26. The minimum Gasteiger partial charge on any atom is -0.353 e. The van der Waals surface area contributed by atoms with Gasteiger partial charge in [-0.05, 0) is 57.7 Å². The highest BCUT2D eigenvalue weighted by molar-refractivity contribution is 6.35. The molecular weight excluding hydrogens is 371 g/mol.